The summed E-state index contributed by atoms with van der Waals surface area (Å²) in [6, 6.07) is 13.3. The zero-order valence-corrected chi connectivity index (χ0v) is 20.8. The molecule has 0 spiro atoms. The number of anilines is 1. The van der Waals surface area contributed by atoms with Gasteiger partial charge in [0.1, 0.15) is 17.5 Å². The Morgan fingerprint density at radius 2 is 1.85 bits per heavy atom. The van der Waals surface area contributed by atoms with Crippen LogP contribution in [-0.4, -0.2) is 46.1 Å². The minimum absolute atomic E-state index is 0.308. The molecule has 2 aromatic rings. The number of thioether (sulfide) groups is 1. The van der Waals surface area contributed by atoms with E-state index in [1.807, 2.05) is 68.4 Å². The molecule has 0 fully saturated rings. The van der Waals surface area contributed by atoms with Gasteiger partial charge in [0.05, 0.1) is 26.4 Å². The highest BCUT2D eigenvalue weighted by Gasteiger charge is 2.30. The van der Waals surface area contributed by atoms with Crippen LogP contribution in [0, 0.1) is 0 Å². The van der Waals surface area contributed by atoms with E-state index in [-0.39, 0.29) is 5.97 Å². The molecule has 0 aliphatic carbocycles. The summed E-state index contributed by atoms with van der Waals surface area (Å²) in [6.07, 6.45) is 0. The van der Waals surface area contributed by atoms with Crippen molar-refractivity contribution in [1.29, 1.82) is 0 Å². The number of esters is 1. The molecule has 0 aromatic heterocycles. The molecule has 0 unspecified atom stereocenters. The maximum absolute atomic E-state index is 12.8. The molecule has 33 heavy (non-hydrogen) atoms. The number of carbonyl (C=O) groups excluding carboxylic acids is 1. The smallest absolute Gasteiger partial charge is 0.338 e. The van der Waals surface area contributed by atoms with Crippen molar-refractivity contribution in [3.8, 4) is 11.5 Å². The van der Waals surface area contributed by atoms with Crippen LogP contribution < -0.4 is 19.7 Å². The van der Waals surface area contributed by atoms with E-state index in [1.54, 1.807) is 32.9 Å². The third-order valence-electron chi connectivity index (χ3n) is 5.29. The van der Waals surface area contributed by atoms with E-state index in [4.69, 9.17) is 19.2 Å². The van der Waals surface area contributed by atoms with Crippen molar-refractivity contribution in [2.45, 2.75) is 25.6 Å². The first-order valence-electron chi connectivity index (χ1n) is 10.7. The molecular weight excluding hydrogens is 438 g/mol. The second kappa shape index (κ2) is 11.1. The predicted molar refractivity (Wildman–Crippen MR) is 134 cm³/mol. The molecule has 0 amide bonds. The van der Waals surface area contributed by atoms with E-state index in [9.17, 15) is 4.79 Å². The fraction of sp³-hybridized carbons (Fsp3) is 0.360. The lowest BCUT2D eigenvalue weighted by atomic mass is 9.96. The second-order valence-corrected chi connectivity index (χ2v) is 8.64. The van der Waals surface area contributed by atoms with Crippen molar-refractivity contribution >= 4 is 28.6 Å². The number of benzene rings is 2. The van der Waals surface area contributed by atoms with E-state index >= 15 is 0 Å². The van der Waals surface area contributed by atoms with Crippen LogP contribution in [0.15, 0.2) is 58.7 Å². The molecule has 0 radical (unpaired) electrons. The number of hydrogen-bond donors (Lipinski definition) is 1. The maximum atomic E-state index is 12.8. The van der Waals surface area contributed by atoms with Gasteiger partial charge in [0.15, 0.2) is 5.17 Å². The average molecular weight is 470 g/mol. The van der Waals surface area contributed by atoms with Crippen LogP contribution in [0.3, 0.4) is 0 Å². The van der Waals surface area contributed by atoms with Crippen LogP contribution in [0.4, 0.5) is 5.69 Å². The summed E-state index contributed by atoms with van der Waals surface area (Å²) in [5, 5.41) is 4.01. The van der Waals surface area contributed by atoms with Crippen LogP contribution in [0.1, 0.15) is 31.0 Å². The monoisotopic (exact) mass is 469 g/mol. The van der Waals surface area contributed by atoms with E-state index in [1.165, 1.54) is 0 Å². The molecule has 176 valence electrons. The minimum Gasteiger partial charge on any atom is -0.497 e. The van der Waals surface area contributed by atoms with Crippen LogP contribution in [-0.2, 0) is 15.3 Å². The third-order valence-corrected chi connectivity index (χ3v) is 6.23. The lowest BCUT2D eigenvalue weighted by molar-refractivity contribution is -0.138. The second-order valence-electron chi connectivity index (χ2n) is 7.67. The van der Waals surface area contributed by atoms with E-state index in [0.29, 0.717) is 17.9 Å². The van der Waals surface area contributed by atoms with Crippen LogP contribution in [0.25, 0.3) is 0 Å². The molecule has 0 saturated heterocycles. The number of amidine groups is 1. The number of nitrogens with one attached hydrogen (secondary N) is 1. The van der Waals surface area contributed by atoms with Gasteiger partial charge in [-0.05, 0) is 49.7 Å². The van der Waals surface area contributed by atoms with Gasteiger partial charge < -0.3 is 24.4 Å². The minimum atomic E-state index is -0.448. The van der Waals surface area contributed by atoms with Gasteiger partial charge in [-0.15, -0.1) is 0 Å². The molecule has 1 N–H and O–H groups in total. The van der Waals surface area contributed by atoms with Gasteiger partial charge >= 0.3 is 5.97 Å². The number of nitrogens with zero attached hydrogens (tertiary/aromatic N) is 2. The molecular formula is C25H31N3O4S. The quantitative estimate of drug-likeness (QED) is 0.569. The van der Waals surface area contributed by atoms with E-state index in [0.717, 1.165) is 39.2 Å². The summed E-state index contributed by atoms with van der Waals surface area (Å²) in [4.78, 5) is 19.7. The van der Waals surface area contributed by atoms with Crippen LogP contribution >= 0.6 is 11.8 Å². The van der Waals surface area contributed by atoms with Gasteiger partial charge in [0, 0.05) is 36.8 Å². The Morgan fingerprint density at radius 1 is 1.12 bits per heavy atom. The Hall–Kier alpha value is -3.13. The molecule has 0 saturated carbocycles. The fourth-order valence-electron chi connectivity index (χ4n) is 3.53. The molecule has 1 atom stereocenters. The Bertz CT molecular complexity index is 1050. The van der Waals surface area contributed by atoms with Gasteiger partial charge in [-0.2, -0.15) is 0 Å². The summed E-state index contributed by atoms with van der Waals surface area (Å²) >= 11 is 1.55. The molecule has 3 rings (SSSR count). The fourth-order valence-corrected chi connectivity index (χ4v) is 4.45. The highest BCUT2D eigenvalue weighted by atomic mass is 32.2. The van der Waals surface area contributed by atoms with Crippen molar-refractivity contribution < 1.29 is 19.0 Å². The van der Waals surface area contributed by atoms with Gasteiger partial charge in [-0.3, -0.25) is 0 Å². The van der Waals surface area contributed by atoms with E-state index < -0.39 is 6.04 Å². The number of methoxy groups -OCH3 is 2. The topological polar surface area (TPSA) is 72.4 Å². The Labute approximate surface area is 199 Å². The first kappa shape index (κ1) is 24.5. The summed E-state index contributed by atoms with van der Waals surface area (Å²) in [7, 11) is 7.28. The Morgan fingerprint density at radius 3 is 2.45 bits per heavy atom. The summed E-state index contributed by atoms with van der Waals surface area (Å²) in [6.45, 7) is 3.99. The van der Waals surface area contributed by atoms with Gasteiger partial charge in [-0.25, -0.2) is 9.79 Å². The molecule has 1 aliphatic rings. The molecule has 7 nitrogen and oxygen atoms in total. The Balaban J connectivity index is 1.90. The molecule has 0 bridgehead atoms. The lowest BCUT2D eigenvalue weighted by Crippen LogP contribution is -2.30. The SMILES string of the molecule is CCOC(=O)C1=C(C)NC(SCc2cc(OC)ccc2OC)=N[C@@H]1c1ccc(N(C)C)cc1. The highest BCUT2D eigenvalue weighted by Crippen LogP contribution is 2.35. The van der Waals surface area contributed by atoms with Crippen molar-refractivity contribution in [3.05, 3.63) is 64.9 Å². The largest absolute Gasteiger partial charge is 0.497 e. The van der Waals surface area contributed by atoms with Crippen molar-refractivity contribution in [1.82, 2.24) is 5.32 Å². The van der Waals surface area contributed by atoms with Crippen molar-refractivity contribution in [3.63, 3.8) is 0 Å². The third kappa shape index (κ3) is 5.82. The summed E-state index contributed by atoms with van der Waals surface area (Å²) < 4.78 is 16.2. The summed E-state index contributed by atoms with van der Waals surface area (Å²) in [5.74, 6) is 1.83. The van der Waals surface area contributed by atoms with E-state index in [2.05, 4.69) is 5.32 Å². The molecule has 2 aromatic carbocycles. The Kier molecular flexibility index (Phi) is 8.27. The van der Waals surface area contributed by atoms with Crippen molar-refractivity contribution in [2.75, 3.05) is 39.8 Å². The normalized spacial score (nSPS) is 15.5. The zero-order chi connectivity index (χ0) is 24.0. The zero-order valence-electron chi connectivity index (χ0n) is 20.0. The van der Waals surface area contributed by atoms with Gasteiger partial charge in [0.2, 0.25) is 0 Å². The maximum Gasteiger partial charge on any atom is 0.338 e. The number of ether oxygens (including phenoxy) is 3. The summed E-state index contributed by atoms with van der Waals surface area (Å²) in [5.41, 5.74) is 4.27. The van der Waals surface area contributed by atoms with Crippen LogP contribution in [0.2, 0.25) is 0 Å². The van der Waals surface area contributed by atoms with Crippen LogP contribution in [0.5, 0.6) is 11.5 Å². The molecule has 8 heteroatoms. The van der Waals surface area contributed by atoms with Gasteiger partial charge in [-0.1, -0.05) is 23.9 Å². The van der Waals surface area contributed by atoms with Crippen molar-refractivity contribution in [2.24, 2.45) is 4.99 Å². The number of carbonyl (C=O) groups is 1. The molecule has 1 aliphatic heterocycles. The number of allylic oxidation sites excluding steroid dienone is 1. The first-order chi connectivity index (χ1) is 15.9. The van der Waals surface area contributed by atoms with Gasteiger partial charge in [0.25, 0.3) is 0 Å². The number of hydrogen-bond acceptors (Lipinski definition) is 8. The number of aliphatic imine (C=N–C) groups is 1. The predicted octanol–water partition coefficient (Wildman–Crippen LogP) is 4.54. The highest BCUT2D eigenvalue weighted by molar-refractivity contribution is 8.13. The lowest BCUT2D eigenvalue weighted by Gasteiger charge is -2.26. The first-order valence-corrected chi connectivity index (χ1v) is 11.7. The number of rotatable bonds is 8. The average Bonchev–Trinajstić information content (AvgIpc) is 2.82. The standard InChI is InChI=1S/C25H31N3O4S/c1-7-32-24(29)22-16(2)26-25(27-23(22)17-8-10-19(11-9-17)28(3)4)33-15-18-14-20(30-5)12-13-21(18)31-6/h8-14,23H,7,15H2,1-6H3,(H,26,27)/t23-/m1/s1. The molecule has 1 heterocycles.